The molecule has 0 unspecified atom stereocenters. The Bertz CT molecular complexity index is 889. The summed E-state index contributed by atoms with van der Waals surface area (Å²) in [7, 11) is 5.55. The van der Waals surface area contributed by atoms with E-state index in [0.717, 1.165) is 5.69 Å². The van der Waals surface area contributed by atoms with E-state index < -0.39 is 11.8 Å². The molecular weight excluding hydrogens is 282 g/mol. The van der Waals surface area contributed by atoms with Crippen LogP contribution in [-0.4, -0.2) is 28.5 Å². The molecule has 1 N–H and O–H groups in total. The van der Waals surface area contributed by atoms with Crippen LogP contribution in [0.3, 0.4) is 0 Å². The minimum absolute atomic E-state index is 0.188. The van der Waals surface area contributed by atoms with Crippen LogP contribution in [0.1, 0.15) is 23.0 Å². The second-order valence-corrected chi connectivity index (χ2v) is 5.00. The molecule has 3 rings (SSSR count). The Labute approximate surface area is 127 Å². The van der Waals surface area contributed by atoms with Crippen molar-refractivity contribution in [3.05, 3.63) is 53.5 Å². The molecule has 2 heterocycles. The first-order valence-corrected chi connectivity index (χ1v) is 6.81. The van der Waals surface area contributed by atoms with Crippen molar-refractivity contribution in [1.29, 1.82) is 0 Å². The third kappa shape index (κ3) is 2.37. The molecule has 1 aromatic carbocycles. The Morgan fingerprint density at radius 1 is 1.32 bits per heavy atom. The van der Waals surface area contributed by atoms with Crippen molar-refractivity contribution in [3.8, 4) is 11.3 Å². The topological polar surface area (TPSA) is 54.6 Å². The van der Waals surface area contributed by atoms with Gasteiger partial charge in [-0.15, -0.1) is 0 Å². The average molecular weight is 294 g/mol. The first-order valence-electron chi connectivity index (χ1n) is 6.81. The van der Waals surface area contributed by atoms with E-state index in [2.05, 4.69) is 5.10 Å². The Morgan fingerprint density at radius 3 is 2.73 bits per heavy atom. The van der Waals surface area contributed by atoms with Crippen LogP contribution in [0.4, 0.5) is 4.39 Å². The fourth-order valence-corrected chi connectivity index (χ4v) is 2.42. The Hall–Kier alpha value is -2.63. The maximum atomic E-state index is 14.0. The number of benzene rings is 1. The quantitative estimate of drug-likeness (QED) is 0.753. The highest BCUT2D eigenvalue weighted by Crippen LogP contribution is 2.24. The third-order valence-corrected chi connectivity index (χ3v) is 3.51. The lowest BCUT2D eigenvalue weighted by molar-refractivity contribution is 0.0696. The standard InChI is InChI=1S/C16H12BFN2O2/c1-2-11-5-9(16(21)22)6-12-8-15(19-20(11)12)13-4-3-10(17)7-14(13)18/h3-8H,2H2,1H3,(H,21,22). The van der Waals surface area contributed by atoms with E-state index in [0.29, 0.717) is 28.7 Å². The number of rotatable bonds is 3. The van der Waals surface area contributed by atoms with E-state index in [1.165, 1.54) is 12.1 Å². The highest BCUT2D eigenvalue weighted by Gasteiger charge is 2.14. The van der Waals surface area contributed by atoms with Gasteiger partial charge in [-0.25, -0.2) is 13.7 Å². The Morgan fingerprint density at radius 2 is 2.09 bits per heavy atom. The number of hydrogen-bond donors (Lipinski definition) is 1. The molecule has 0 bridgehead atoms. The van der Waals surface area contributed by atoms with Gasteiger partial charge in [0.1, 0.15) is 13.7 Å². The molecule has 2 radical (unpaired) electrons. The normalized spacial score (nSPS) is 11.0. The van der Waals surface area contributed by atoms with Crippen molar-refractivity contribution in [1.82, 2.24) is 9.61 Å². The zero-order chi connectivity index (χ0) is 15.9. The van der Waals surface area contributed by atoms with Gasteiger partial charge in [0.05, 0.1) is 16.8 Å². The van der Waals surface area contributed by atoms with Gasteiger partial charge in [0.2, 0.25) is 0 Å². The molecule has 4 nitrogen and oxygen atoms in total. The summed E-state index contributed by atoms with van der Waals surface area (Å²) in [4.78, 5) is 11.2. The second kappa shape index (κ2) is 5.29. The molecule has 0 amide bonds. The Balaban J connectivity index is 2.22. The van der Waals surface area contributed by atoms with Gasteiger partial charge in [-0.2, -0.15) is 5.10 Å². The lowest BCUT2D eigenvalue weighted by Crippen LogP contribution is -2.04. The summed E-state index contributed by atoms with van der Waals surface area (Å²) in [6.45, 7) is 1.91. The molecule has 22 heavy (non-hydrogen) atoms. The predicted molar refractivity (Wildman–Crippen MR) is 82.3 cm³/mol. The van der Waals surface area contributed by atoms with E-state index in [9.17, 15) is 9.18 Å². The molecule has 2 aromatic heterocycles. The van der Waals surface area contributed by atoms with Crippen LogP contribution in [0, 0.1) is 5.82 Å². The molecule has 0 aliphatic rings. The van der Waals surface area contributed by atoms with Gasteiger partial charge in [-0.1, -0.05) is 24.5 Å². The van der Waals surface area contributed by atoms with Crippen molar-refractivity contribution >= 4 is 24.8 Å². The molecule has 108 valence electrons. The van der Waals surface area contributed by atoms with Crippen LogP contribution < -0.4 is 5.46 Å². The fourth-order valence-electron chi connectivity index (χ4n) is 2.42. The summed E-state index contributed by atoms with van der Waals surface area (Å²) in [6.07, 6.45) is 0.614. The minimum atomic E-state index is -1.00. The van der Waals surface area contributed by atoms with Gasteiger partial charge in [-0.05, 0) is 30.7 Å². The number of carbonyl (C=O) groups is 1. The second-order valence-electron chi connectivity index (χ2n) is 5.00. The van der Waals surface area contributed by atoms with Crippen LogP contribution >= 0.6 is 0 Å². The molecule has 0 atom stereocenters. The number of aryl methyl sites for hydroxylation is 1. The number of hydrogen-bond acceptors (Lipinski definition) is 2. The lowest BCUT2D eigenvalue weighted by Gasteiger charge is -2.04. The summed E-state index contributed by atoms with van der Waals surface area (Å²) in [6, 6.07) is 9.17. The van der Waals surface area contributed by atoms with Gasteiger partial charge in [0.25, 0.3) is 0 Å². The summed E-state index contributed by atoms with van der Waals surface area (Å²) < 4.78 is 15.7. The number of aromatic carboxylic acids is 1. The van der Waals surface area contributed by atoms with Crippen molar-refractivity contribution in [2.24, 2.45) is 0 Å². The van der Waals surface area contributed by atoms with Crippen molar-refractivity contribution in [2.75, 3.05) is 0 Å². The molecule has 0 saturated carbocycles. The monoisotopic (exact) mass is 294 g/mol. The number of pyridine rings is 1. The fraction of sp³-hybridized carbons (Fsp3) is 0.125. The van der Waals surface area contributed by atoms with E-state index in [-0.39, 0.29) is 5.56 Å². The number of aromatic nitrogens is 2. The van der Waals surface area contributed by atoms with Crippen molar-refractivity contribution in [3.63, 3.8) is 0 Å². The largest absolute Gasteiger partial charge is 0.478 e. The van der Waals surface area contributed by atoms with Crippen LogP contribution in [0.25, 0.3) is 16.8 Å². The van der Waals surface area contributed by atoms with Crippen LogP contribution in [0.5, 0.6) is 0 Å². The zero-order valence-electron chi connectivity index (χ0n) is 11.9. The van der Waals surface area contributed by atoms with Gasteiger partial charge in [0, 0.05) is 11.3 Å². The number of carboxylic acid groups (broad SMARTS) is 1. The SMILES string of the molecule is [B]c1ccc(-c2cc3cc(C(=O)O)cc(CC)n3n2)c(F)c1. The Kier molecular flexibility index (Phi) is 3.44. The highest BCUT2D eigenvalue weighted by molar-refractivity contribution is 6.32. The maximum Gasteiger partial charge on any atom is 0.335 e. The number of fused-ring (bicyclic) bond motifs is 1. The smallest absolute Gasteiger partial charge is 0.335 e. The van der Waals surface area contributed by atoms with Crippen LogP contribution in [0.15, 0.2) is 36.4 Å². The highest BCUT2D eigenvalue weighted by atomic mass is 19.1. The summed E-state index contributed by atoms with van der Waals surface area (Å²) >= 11 is 0. The van der Waals surface area contributed by atoms with Crippen LogP contribution in [0.2, 0.25) is 0 Å². The third-order valence-electron chi connectivity index (χ3n) is 3.51. The van der Waals surface area contributed by atoms with E-state index in [1.807, 2.05) is 6.92 Å². The minimum Gasteiger partial charge on any atom is -0.478 e. The number of halogens is 1. The van der Waals surface area contributed by atoms with E-state index in [1.54, 1.807) is 28.8 Å². The predicted octanol–water partition coefficient (Wildman–Crippen LogP) is 2.19. The number of carboxylic acids is 1. The summed E-state index contributed by atoms with van der Waals surface area (Å²) in [5, 5.41) is 13.5. The van der Waals surface area contributed by atoms with Gasteiger partial charge in [0.15, 0.2) is 0 Å². The molecule has 0 spiro atoms. The lowest BCUT2D eigenvalue weighted by atomic mass is 9.94. The molecule has 0 aliphatic heterocycles. The first-order chi connectivity index (χ1) is 10.5. The molecule has 0 aliphatic carbocycles. The maximum absolute atomic E-state index is 14.0. The van der Waals surface area contributed by atoms with Crippen molar-refractivity contribution in [2.45, 2.75) is 13.3 Å². The zero-order valence-corrected chi connectivity index (χ0v) is 11.9. The molecule has 6 heteroatoms. The molecule has 3 aromatic rings. The summed E-state index contributed by atoms with van der Waals surface area (Å²) in [5.74, 6) is -1.46. The van der Waals surface area contributed by atoms with Gasteiger partial charge < -0.3 is 5.11 Å². The van der Waals surface area contributed by atoms with Crippen LogP contribution in [-0.2, 0) is 6.42 Å². The van der Waals surface area contributed by atoms with Gasteiger partial charge >= 0.3 is 5.97 Å². The average Bonchev–Trinajstić information content (AvgIpc) is 2.89. The first kappa shape index (κ1) is 14.3. The van der Waals surface area contributed by atoms with E-state index in [4.69, 9.17) is 13.0 Å². The molecule has 0 saturated heterocycles. The molecular formula is C16H12BFN2O2. The molecule has 0 fully saturated rings. The van der Waals surface area contributed by atoms with E-state index >= 15 is 0 Å². The van der Waals surface area contributed by atoms with Gasteiger partial charge in [-0.3, -0.25) is 0 Å². The van der Waals surface area contributed by atoms with Crippen molar-refractivity contribution < 1.29 is 14.3 Å². The number of nitrogens with zero attached hydrogens (tertiary/aromatic N) is 2. The summed E-state index contributed by atoms with van der Waals surface area (Å²) in [5.41, 5.74) is 2.66.